The molecule has 0 atom stereocenters. The molecule has 0 unspecified atom stereocenters. The van der Waals surface area contributed by atoms with E-state index in [0.29, 0.717) is 24.4 Å². The van der Waals surface area contributed by atoms with Crippen molar-refractivity contribution < 1.29 is 14.3 Å². The van der Waals surface area contributed by atoms with Gasteiger partial charge in [0.1, 0.15) is 5.75 Å². The van der Waals surface area contributed by atoms with Crippen LogP contribution in [0, 0.1) is 0 Å². The highest BCUT2D eigenvalue weighted by Crippen LogP contribution is 2.13. The lowest BCUT2D eigenvalue weighted by atomic mass is 10.2. The first kappa shape index (κ1) is 14.1. The third kappa shape index (κ3) is 2.97. The average molecular weight is 276 g/mol. The lowest BCUT2D eigenvalue weighted by Crippen LogP contribution is -2.16. The molecule has 6 heteroatoms. The van der Waals surface area contributed by atoms with Crippen LogP contribution in [0.25, 0.3) is 5.52 Å². The summed E-state index contributed by atoms with van der Waals surface area (Å²) in [4.78, 5) is 23.4. The summed E-state index contributed by atoms with van der Waals surface area (Å²) in [6.07, 6.45) is 2.34. The summed E-state index contributed by atoms with van der Waals surface area (Å²) < 4.78 is 11.5. The number of rotatable bonds is 5. The molecule has 2 N–H and O–H groups in total. The molecule has 0 aromatic carbocycles. The molecule has 106 valence electrons. The second kappa shape index (κ2) is 6.21. The number of nitrogens with two attached hydrogens (primary N) is 1. The van der Waals surface area contributed by atoms with Crippen molar-refractivity contribution in [2.75, 3.05) is 20.3 Å². The van der Waals surface area contributed by atoms with Crippen LogP contribution in [-0.2, 0) is 4.74 Å². The van der Waals surface area contributed by atoms with E-state index < -0.39 is 5.97 Å². The van der Waals surface area contributed by atoms with Crippen molar-refractivity contribution in [1.82, 2.24) is 4.40 Å². The van der Waals surface area contributed by atoms with Crippen molar-refractivity contribution in [2.24, 2.45) is 5.73 Å². The summed E-state index contributed by atoms with van der Waals surface area (Å²) in [5, 5.41) is 0. The minimum atomic E-state index is -0.534. The van der Waals surface area contributed by atoms with Gasteiger partial charge in [-0.1, -0.05) is 0 Å². The van der Waals surface area contributed by atoms with E-state index >= 15 is 0 Å². The third-order valence-corrected chi connectivity index (χ3v) is 2.81. The molecule has 2 rings (SSSR count). The summed E-state index contributed by atoms with van der Waals surface area (Å²) in [5.74, 6) is 0.0479. The molecule has 2 heterocycles. The van der Waals surface area contributed by atoms with E-state index in [2.05, 4.69) is 4.74 Å². The maximum Gasteiger partial charge on any atom is 0.338 e. The fraction of sp³-hybridized carbons (Fsp3) is 0.286. The Hall–Kier alpha value is -2.34. The Bertz CT molecular complexity index is 678. The molecule has 0 aliphatic rings. The van der Waals surface area contributed by atoms with Crippen molar-refractivity contribution in [3.05, 3.63) is 46.4 Å². The number of pyridine rings is 2. The zero-order chi connectivity index (χ0) is 14.5. The Morgan fingerprint density at radius 3 is 2.85 bits per heavy atom. The Balaban J connectivity index is 2.36. The quantitative estimate of drug-likeness (QED) is 0.645. The van der Waals surface area contributed by atoms with E-state index in [-0.39, 0.29) is 11.1 Å². The summed E-state index contributed by atoms with van der Waals surface area (Å²) >= 11 is 0. The second-order valence-electron chi connectivity index (χ2n) is 4.22. The largest absolute Gasteiger partial charge is 0.492 e. The SMILES string of the molecule is COC(=O)c1cc(=O)n2cc(OCCCN)ccc2c1. The van der Waals surface area contributed by atoms with E-state index in [9.17, 15) is 9.59 Å². The third-order valence-electron chi connectivity index (χ3n) is 2.81. The van der Waals surface area contributed by atoms with E-state index in [1.54, 1.807) is 24.4 Å². The predicted octanol–water partition coefficient (Wildman–Crippen LogP) is 0.814. The molecule has 0 saturated heterocycles. The fourth-order valence-corrected chi connectivity index (χ4v) is 1.80. The molecular formula is C14H16N2O4. The number of esters is 1. The molecule has 0 saturated carbocycles. The van der Waals surface area contributed by atoms with Gasteiger partial charge < -0.3 is 15.2 Å². The molecule has 0 aliphatic carbocycles. The van der Waals surface area contributed by atoms with Crippen molar-refractivity contribution in [3.63, 3.8) is 0 Å². The predicted molar refractivity (Wildman–Crippen MR) is 74.2 cm³/mol. The van der Waals surface area contributed by atoms with Gasteiger partial charge >= 0.3 is 5.97 Å². The number of hydrogen-bond donors (Lipinski definition) is 1. The van der Waals surface area contributed by atoms with Gasteiger partial charge in [0.2, 0.25) is 0 Å². The van der Waals surface area contributed by atoms with Crippen molar-refractivity contribution >= 4 is 11.5 Å². The molecule has 0 bridgehead atoms. The zero-order valence-corrected chi connectivity index (χ0v) is 11.2. The zero-order valence-electron chi connectivity index (χ0n) is 11.2. The molecule has 0 aliphatic heterocycles. The van der Waals surface area contributed by atoms with Crippen LogP contribution >= 0.6 is 0 Å². The van der Waals surface area contributed by atoms with Crippen LogP contribution in [0.3, 0.4) is 0 Å². The van der Waals surface area contributed by atoms with Crippen molar-refractivity contribution in [2.45, 2.75) is 6.42 Å². The summed E-state index contributed by atoms with van der Waals surface area (Å²) in [6, 6.07) is 6.29. The van der Waals surface area contributed by atoms with Crippen molar-refractivity contribution in [1.29, 1.82) is 0 Å². The maximum atomic E-state index is 12.0. The van der Waals surface area contributed by atoms with Crippen LogP contribution in [0.5, 0.6) is 5.75 Å². The first-order valence-corrected chi connectivity index (χ1v) is 6.23. The van der Waals surface area contributed by atoms with Crippen LogP contribution in [0.4, 0.5) is 0 Å². The molecule has 2 aromatic rings. The first-order valence-electron chi connectivity index (χ1n) is 6.23. The van der Waals surface area contributed by atoms with Crippen LogP contribution < -0.4 is 16.0 Å². The molecule has 20 heavy (non-hydrogen) atoms. The Labute approximate surface area is 115 Å². The lowest BCUT2D eigenvalue weighted by molar-refractivity contribution is 0.0600. The van der Waals surface area contributed by atoms with E-state index in [4.69, 9.17) is 10.5 Å². The standard InChI is InChI=1S/C14H16N2O4/c1-19-14(18)10-7-11-3-4-12(20-6-2-5-15)9-16(11)13(17)8-10/h3-4,7-9H,2,5-6,15H2,1H3. The van der Waals surface area contributed by atoms with Crippen LogP contribution in [0.2, 0.25) is 0 Å². The van der Waals surface area contributed by atoms with E-state index in [1.165, 1.54) is 17.6 Å². The molecule has 6 nitrogen and oxygen atoms in total. The average Bonchev–Trinajstić information content (AvgIpc) is 2.47. The maximum absolute atomic E-state index is 12.0. The molecular weight excluding hydrogens is 260 g/mol. The molecule has 0 radical (unpaired) electrons. The van der Waals surface area contributed by atoms with Gasteiger partial charge in [-0.3, -0.25) is 9.20 Å². The molecule has 0 amide bonds. The molecule has 0 fully saturated rings. The minimum Gasteiger partial charge on any atom is -0.492 e. The molecule has 2 aromatic heterocycles. The number of nitrogens with zero attached hydrogens (tertiary/aromatic N) is 1. The van der Waals surface area contributed by atoms with E-state index in [1.807, 2.05) is 0 Å². The second-order valence-corrected chi connectivity index (χ2v) is 4.22. The smallest absolute Gasteiger partial charge is 0.338 e. The minimum absolute atomic E-state index is 0.231. The summed E-state index contributed by atoms with van der Waals surface area (Å²) in [7, 11) is 1.28. The van der Waals surface area contributed by atoms with Gasteiger partial charge in [0.15, 0.2) is 0 Å². The number of methoxy groups -OCH3 is 1. The number of carbonyl (C=O) groups is 1. The highest BCUT2D eigenvalue weighted by Gasteiger charge is 2.09. The van der Waals surface area contributed by atoms with Gasteiger partial charge in [0, 0.05) is 11.6 Å². The van der Waals surface area contributed by atoms with Gasteiger partial charge in [0.25, 0.3) is 5.56 Å². The number of fused-ring (bicyclic) bond motifs is 1. The van der Waals surface area contributed by atoms with Crippen molar-refractivity contribution in [3.8, 4) is 5.75 Å². The van der Waals surface area contributed by atoms with E-state index in [0.717, 1.165) is 6.42 Å². The summed E-state index contributed by atoms with van der Waals surface area (Å²) in [6.45, 7) is 1.05. The van der Waals surface area contributed by atoms with Crippen LogP contribution in [-0.4, -0.2) is 30.6 Å². The number of hydrogen-bond acceptors (Lipinski definition) is 5. The normalized spacial score (nSPS) is 10.5. The molecule has 0 spiro atoms. The van der Waals surface area contributed by atoms with Gasteiger partial charge in [-0.25, -0.2) is 4.79 Å². The Morgan fingerprint density at radius 1 is 1.35 bits per heavy atom. The van der Waals surface area contributed by atoms with Gasteiger partial charge in [0.05, 0.1) is 25.5 Å². The lowest BCUT2D eigenvalue weighted by Gasteiger charge is -2.08. The van der Waals surface area contributed by atoms with Gasteiger partial charge in [-0.05, 0) is 31.2 Å². The first-order chi connectivity index (χ1) is 9.65. The number of carbonyl (C=O) groups excluding carboxylic acids is 1. The Morgan fingerprint density at radius 2 is 2.15 bits per heavy atom. The Kier molecular flexibility index (Phi) is 4.37. The van der Waals surface area contributed by atoms with Gasteiger partial charge in [-0.2, -0.15) is 0 Å². The fourth-order valence-electron chi connectivity index (χ4n) is 1.80. The highest BCUT2D eigenvalue weighted by molar-refractivity contribution is 5.90. The number of ether oxygens (including phenoxy) is 2. The monoisotopic (exact) mass is 276 g/mol. The number of aromatic nitrogens is 1. The summed E-state index contributed by atoms with van der Waals surface area (Å²) in [5.41, 5.74) is 5.91. The van der Waals surface area contributed by atoms with Gasteiger partial charge in [-0.15, -0.1) is 0 Å². The topological polar surface area (TPSA) is 83.0 Å². The van der Waals surface area contributed by atoms with Crippen LogP contribution in [0.1, 0.15) is 16.8 Å². The van der Waals surface area contributed by atoms with Crippen LogP contribution in [0.15, 0.2) is 35.3 Å². The highest BCUT2D eigenvalue weighted by atomic mass is 16.5.